The summed E-state index contributed by atoms with van der Waals surface area (Å²) in [4.78, 5) is 16.2. The number of hydrogen-bond donors (Lipinski definition) is 3. The van der Waals surface area contributed by atoms with Crippen molar-refractivity contribution in [2.45, 2.75) is 18.4 Å². The molecule has 0 saturated carbocycles. The first-order valence-electron chi connectivity index (χ1n) is 6.30. The number of carbonyl (C=O) groups is 1. The molecule has 0 aromatic carbocycles. The van der Waals surface area contributed by atoms with E-state index < -0.39 is 11.7 Å². The maximum absolute atomic E-state index is 11.1. The largest absolute Gasteiger partial charge is 0.465 e. The van der Waals surface area contributed by atoms with Crippen molar-refractivity contribution < 1.29 is 15.0 Å². The van der Waals surface area contributed by atoms with E-state index in [2.05, 4.69) is 10.1 Å². The van der Waals surface area contributed by atoms with Crippen molar-refractivity contribution >= 4 is 17.4 Å². The van der Waals surface area contributed by atoms with Crippen LogP contribution in [0.25, 0.3) is 5.52 Å². The highest BCUT2D eigenvalue weighted by Crippen LogP contribution is 2.32. The van der Waals surface area contributed by atoms with Gasteiger partial charge in [-0.2, -0.15) is 5.10 Å². The minimum Gasteiger partial charge on any atom is -0.465 e. The molecular weight excluding hydrogens is 262 g/mol. The van der Waals surface area contributed by atoms with E-state index in [1.54, 1.807) is 12.1 Å². The molecule has 8 nitrogen and oxygen atoms in total. The smallest absolute Gasteiger partial charge is 0.407 e. The minimum atomic E-state index is -1.26. The SMILES string of the molecule is Nc1ncnn2c(C3(O)CCCN(C(=O)O)C3)ccc12. The highest BCUT2D eigenvalue weighted by molar-refractivity contribution is 5.67. The van der Waals surface area contributed by atoms with Gasteiger partial charge in [0.25, 0.3) is 0 Å². The molecule has 0 spiro atoms. The lowest BCUT2D eigenvalue weighted by atomic mass is 9.90. The number of nitrogen functional groups attached to an aromatic ring is 1. The second-order valence-corrected chi connectivity index (χ2v) is 5.00. The summed E-state index contributed by atoms with van der Waals surface area (Å²) in [6, 6.07) is 3.44. The van der Waals surface area contributed by atoms with E-state index in [1.165, 1.54) is 15.7 Å². The maximum atomic E-state index is 11.1. The number of anilines is 1. The van der Waals surface area contributed by atoms with E-state index in [0.717, 1.165) is 0 Å². The third-order valence-electron chi connectivity index (χ3n) is 3.70. The van der Waals surface area contributed by atoms with Gasteiger partial charge in [-0.1, -0.05) is 0 Å². The molecular formula is C12H15N5O3. The number of carboxylic acid groups (broad SMARTS) is 1. The van der Waals surface area contributed by atoms with Crippen LogP contribution in [0.1, 0.15) is 18.5 Å². The summed E-state index contributed by atoms with van der Waals surface area (Å²) in [5.41, 5.74) is 5.63. The summed E-state index contributed by atoms with van der Waals surface area (Å²) < 4.78 is 1.52. The molecule has 1 atom stereocenters. The fourth-order valence-corrected chi connectivity index (χ4v) is 2.71. The second kappa shape index (κ2) is 4.34. The molecule has 20 heavy (non-hydrogen) atoms. The van der Waals surface area contributed by atoms with Gasteiger partial charge in [-0.3, -0.25) is 0 Å². The molecule has 0 bridgehead atoms. The molecule has 0 aliphatic carbocycles. The molecule has 1 aliphatic heterocycles. The number of nitrogens with two attached hydrogens (primary N) is 1. The van der Waals surface area contributed by atoms with Crippen molar-refractivity contribution in [3.8, 4) is 0 Å². The molecule has 2 aromatic heterocycles. The van der Waals surface area contributed by atoms with Gasteiger partial charge < -0.3 is 20.8 Å². The van der Waals surface area contributed by atoms with Gasteiger partial charge in [0.15, 0.2) is 5.82 Å². The molecule has 1 amide bonds. The van der Waals surface area contributed by atoms with Gasteiger partial charge >= 0.3 is 6.09 Å². The Labute approximate surface area is 114 Å². The summed E-state index contributed by atoms with van der Waals surface area (Å²) in [5.74, 6) is 0.320. The number of piperidine rings is 1. The van der Waals surface area contributed by atoms with Crippen LogP contribution in [-0.4, -0.2) is 48.9 Å². The van der Waals surface area contributed by atoms with Crippen molar-refractivity contribution in [3.63, 3.8) is 0 Å². The highest BCUT2D eigenvalue weighted by atomic mass is 16.4. The zero-order valence-electron chi connectivity index (χ0n) is 10.7. The molecule has 106 valence electrons. The average Bonchev–Trinajstić information content (AvgIpc) is 2.85. The maximum Gasteiger partial charge on any atom is 0.407 e. The van der Waals surface area contributed by atoms with Crippen LogP contribution < -0.4 is 5.73 Å². The van der Waals surface area contributed by atoms with Gasteiger partial charge in [-0.15, -0.1) is 0 Å². The average molecular weight is 277 g/mol. The van der Waals surface area contributed by atoms with E-state index in [-0.39, 0.29) is 6.54 Å². The summed E-state index contributed by atoms with van der Waals surface area (Å²) >= 11 is 0. The van der Waals surface area contributed by atoms with Crippen molar-refractivity contribution in [3.05, 3.63) is 24.2 Å². The van der Waals surface area contributed by atoms with Crippen molar-refractivity contribution in [1.82, 2.24) is 19.5 Å². The number of amides is 1. The number of aromatic nitrogens is 3. The van der Waals surface area contributed by atoms with E-state index in [0.29, 0.717) is 36.4 Å². The molecule has 3 heterocycles. The van der Waals surface area contributed by atoms with E-state index >= 15 is 0 Å². The standard InChI is InChI=1S/C12H15N5O3/c13-10-8-2-3-9(17(8)15-7-14-10)12(20)4-1-5-16(6-12)11(18)19/h2-3,7,20H,1,4-6H2,(H,18,19)(H2,13,14,15). The Balaban J connectivity index is 2.05. The first-order chi connectivity index (χ1) is 9.51. The van der Waals surface area contributed by atoms with Gasteiger partial charge in [-0.05, 0) is 25.0 Å². The molecule has 0 radical (unpaired) electrons. The zero-order valence-corrected chi connectivity index (χ0v) is 10.7. The normalized spacial score (nSPS) is 23.1. The predicted octanol–water partition coefficient (Wildman–Crippen LogP) is 0.273. The lowest BCUT2D eigenvalue weighted by Crippen LogP contribution is -2.48. The number of aliphatic hydroxyl groups is 1. The fourth-order valence-electron chi connectivity index (χ4n) is 2.71. The minimum absolute atomic E-state index is 0.0261. The summed E-state index contributed by atoms with van der Waals surface area (Å²) in [5, 5.41) is 24.0. The Morgan fingerprint density at radius 2 is 2.25 bits per heavy atom. The van der Waals surface area contributed by atoms with Crippen LogP contribution in [0, 0.1) is 0 Å². The van der Waals surface area contributed by atoms with Crippen LogP contribution in [0.4, 0.5) is 10.6 Å². The van der Waals surface area contributed by atoms with Gasteiger partial charge in [0.05, 0.1) is 12.2 Å². The first kappa shape index (κ1) is 12.7. The number of β-amino-alcohol motifs (C(OH)–C–C–N with tert-alkyl or cyclic N) is 1. The molecule has 4 N–H and O–H groups in total. The van der Waals surface area contributed by atoms with Crippen molar-refractivity contribution in [2.24, 2.45) is 0 Å². The molecule has 8 heteroatoms. The van der Waals surface area contributed by atoms with Crippen molar-refractivity contribution in [1.29, 1.82) is 0 Å². The molecule has 2 aromatic rings. The lowest BCUT2D eigenvalue weighted by molar-refractivity contribution is -0.0339. The van der Waals surface area contributed by atoms with E-state index in [1.807, 2.05) is 0 Å². The van der Waals surface area contributed by atoms with Gasteiger partial charge in [-0.25, -0.2) is 14.3 Å². The van der Waals surface area contributed by atoms with Crippen LogP contribution in [0.5, 0.6) is 0 Å². The summed E-state index contributed by atoms with van der Waals surface area (Å²) in [7, 11) is 0. The summed E-state index contributed by atoms with van der Waals surface area (Å²) in [6.07, 6.45) is 1.36. The topological polar surface area (TPSA) is 117 Å². The third kappa shape index (κ3) is 1.85. The highest BCUT2D eigenvalue weighted by Gasteiger charge is 2.39. The predicted molar refractivity (Wildman–Crippen MR) is 70.1 cm³/mol. The van der Waals surface area contributed by atoms with Gasteiger partial charge in [0, 0.05) is 6.54 Å². The Morgan fingerprint density at radius 3 is 3.00 bits per heavy atom. The first-order valence-corrected chi connectivity index (χ1v) is 6.30. The summed E-state index contributed by atoms with van der Waals surface area (Å²) in [6.45, 7) is 0.455. The number of nitrogens with zero attached hydrogens (tertiary/aromatic N) is 4. The number of likely N-dealkylation sites (tertiary alicyclic amines) is 1. The van der Waals surface area contributed by atoms with Crippen molar-refractivity contribution in [2.75, 3.05) is 18.8 Å². The van der Waals surface area contributed by atoms with Crippen LogP contribution in [0.15, 0.2) is 18.5 Å². The van der Waals surface area contributed by atoms with E-state index in [4.69, 9.17) is 10.8 Å². The second-order valence-electron chi connectivity index (χ2n) is 5.00. The van der Waals surface area contributed by atoms with Gasteiger partial charge in [0.1, 0.15) is 17.4 Å². The van der Waals surface area contributed by atoms with Crippen LogP contribution in [0.2, 0.25) is 0 Å². The van der Waals surface area contributed by atoms with Gasteiger partial charge in [0.2, 0.25) is 0 Å². The third-order valence-corrected chi connectivity index (χ3v) is 3.70. The lowest BCUT2D eigenvalue weighted by Gasteiger charge is -2.37. The Bertz CT molecular complexity index is 670. The van der Waals surface area contributed by atoms with E-state index in [9.17, 15) is 9.90 Å². The van der Waals surface area contributed by atoms with Crippen LogP contribution in [-0.2, 0) is 5.60 Å². The zero-order chi connectivity index (χ0) is 14.3. The number of hydrogen-bond acceptors (Lipinski definition) is 5. The van der Waals surface area contributed by atoms with Crippen LogP contribution >= 0.6 is 0 Å². The Morgan fingerprint density at radius 1 is 1.45 bits per heavy atom. The number of rotatable bonds is 1. The molecule has 1 aliphatic rings. The Hall–Kier alpha value is -2.35. The monoisotopic (exact) mass is 277 g/mol. The van der Waals surface area contributed by atoms with Crippen LogP contribution in [0.3, 0.4) is 0 Å². The molecule has 1 fully saturated rings. The quantitative estimate of drug-likeness (QED) is 0.689. The fraction of sp³-hybridized carbons (Fsp3) is 0.417. The molecule has 1 saturated heterocycles. The molecule has 1 unspecified atom stereocenters. The molecule has 3 rings (SSSR count). The Kier molecular flexibility index (Phi) is 2.75. The number of fused-ring (bicyclic) bond motifs is 1.